The van der Waals surface area contributed by atoms with Crippen molar-refractivity contribution >= 4 is 11.8 Å². The van der Waals surface area contributed by atoms with Crippen LogP contribution in [0.2, 0.25) is 0 Å². The van der Waals surface area contributed by atoms with Crippen molar-refractivity contribution in [2.75, 3.05) is 13.2 Å². The van der Waals surface area contributed by atoms with Crippen LogP contribution in [-0.4, -0.2) is 44.5 Å². The fourth-order valence-corrected chi connectivity index (χ4v) is 0.802. The van der Waals surface area contributed by atoms with Crippen molar-refractivity contribution in [1.82, 2.24) is 0 Å². The Morgan fingerprint density at radius 2 is 1.33 bits per heavy atom. The summed E-state index contributed by atoms with van der Waals surface area (Å²) in [6.45, 7) is -0.830. The van der Waals surface area contributed by atoms with Crippen molar-refractivity contribution in [3.8, 4) is 0 Å². The van der Waals surface area contributed by atoms with Crippen LogP contribution in [0.15, 0.2) is 0 Å². The monoisotopic (exact) mass is 154 g/mol. The fraction of sp³-hybridized carbons (Fsp3) is 1.00. The van der Waals surface area contributed by atoms with Crippen LogP contribution >= 0.6 is 11.8 Å². The zero-order valence-corrected chi connectivity index (χ0v) is 5.58. The average molecular weight is 154 g/mol. The van der Waals surface area contributed by atoms with Gasteiger partial charge < -0.3 is 20.4 Å². The summed E-state index contributed by atoms with van der Waals surface area (Å²) >= 11 is 0.711. The molecule has 56 valence electrons. The van der Waals surface area contributed by atoms with Gasteiger partial charge in [0.25, 0.3) is 0 Å². The van der Waals surface area contributed by atoms with Crippen LogP contribution in [0.5, 0.6) is 0 Å². The maximum absolute atomic E-state index is 8.60. The zero-order chi connectivity index (χ0) is 7.28. The van der Waals surface area contributed by atoms with Gasteiger partial charge in [-0.1, -0.05) is 11.8 Å². The smallest absolute Gasteiger partial charge is 0.125 e. The standard InChI is InChI=1S/C4H10O4S/c5-1-3(7)9-4(8)2-6/h3-8H,1-2H2. The van der Waals surface area contributed by atoms with Crippen LogP contribution < -0.4 is 0 Å². The highest BCUT2D eigenvalue weighted by Gasteiger charge is 2.08. The van der Waals surface area contributed by atoms with Crippen molar-refractivity contribution in [1.29, 1.82) is 0 Å². The van der Waals surface area contributed by atoms with Crippen molar-refractivity contribution in [3.05, 3.63) is 0 Å². The van der Waals surface area contributed by atoms with Gasteiger partial charge >= 0.3 is 0 Å². The Bertz CT molecular complexity index is 61.6. The first-order chi connectivity index (χ1) is 4.20. The minimum absolute atomic E-state index is 0.415. The summed E-state index contributed by atoms with van der Waals surface area (Å²) in [7, 11) is 0. The Balaban J connectivity index is 3.22. The van der Waals surface area contributed by atoms with E-state index < -0.39 is 24.1 Å². The summed E-state index contributed by atoms with van der Waals surface area (Å²) < 4.78 is 0. The van der Waals surface area contributed by atoms with Gasteiger partial charge in [0, 0.05) is 0 Å². The Labute approximate surface area is 57.1 Å². The van der Waals surface area contributed by atoms with E-state index in [0.717, 1.165) is 0 Å². The topological polar surface area (TPSA) is 80.9 Å². The van der Waals surface area contributed by atoms with Crippen LogP contribution in [0, 0.1) is 0 Å². The van der Waals surface area contributed by atoms with Crippen LogP contribution in [0.4, 0.5) is 0 Å². The van der Waals surface area contributed by atoms with Crippen molar-refractivity contribution in [3.63, 3.8) is 0 Å². The number of aliphatic hydroxyl groups excluding tert-OH is 4. The predicted molar refractivity (Wildman–Crippen MR) is 33.8 cm³/mol. The molecule has 0 saturated carbocycles. The molecular weight excluding hydrogens is 144 g/mol. The molecule has 2 atom stereocenters. The van der Waals surface area contributed by atoms with Gasteiger partial charge in [-0.05, 0) is 0 Å². The summed E-state index contributed by atoms with van der Waals surface area (Å²) in [6, 6.07) is 0. The molecule has 0 aliphatic heterocycles. The van der Waals surface area contributed by atoms with E-state index in [1.807, 2.05) is 0 Å². The zero-order valence-electron chi connectivity index (χ0n) is 4.77. The van der Waals surface area contributed by atoms with Gasteiger partial charge in [-0.25, -0.2) is 0 Å². The molecule has 0 aromatic heterocycles. The predicted octanol–water partition coefficient (Wildman–Crippen LogP) is -1.66. The van der Waals surface area contributed by atoms with E-state index in [1.54, 1.807) is 0 Å². The molecule has 0 aliphatic carbocycles. The SMILES string of the molecule is OCC(O)SC(O)CO. The van der Waals surface area contributed by atoms with Crippen molar-refractivity contribution in [2.45, 2.75) is 10.9 Å². The molecule has 0 bridgehead atoms. The quantitative estimate of drug-likeness (QED) is 0.364. The molecule has 4 nitrogen and oxygen atoms in total. The molecule has 2 unspecified atom stereocenters. The van der Waals surface area contributed by atoms with Gasteiger partial charge in [0.15, 0.2) is 0 Å². The van der Waals surface area contributed by atoms with Crippen molar-refractivity contribution in [2.24, 2.45) is 0 Å². The number of hydrogen-bond donors (Lipinski definition) is 4. The van der Waals surface area contributed by atoms with E-state index in [0.29, 0.717) is 11.8 Å². The second-order valence-electron chi connectivity index (χ2n) is 1.41. The van der Waals surface area contributed by atoms with E-state index >= 15 is 0 Å². The van der Waals surface area contributed by atoms with E-state index in [4.69, 9.17) is 20.4 Å². The molecule has 5 heteroatoms. The number of thioether (sulfide) groups is 1. The third-order valence-electron chi connectivity index (χ3n) is 0.627. The van der Waals surface area contributed by atoms with E-state index in [9.17, 15) is 0 Å². The average Bonchev–Trinajstić information content (AvgIpc) is 1.87. The molecule has 0 spiro atoms. The van der Waals surface area contributed by atoms with Gasteiger partial charge in [-0.2, -0.15) is 0 Å². The highest BCUT2D eigenvalue weighted by atomic mass is 32.2. The lowest BCUT2D eigenvalue weighted by Crippen LogP contribution is -2.16. The van der Waals surface area contributed by atoms with Gasteiger partial charge in [0.1, 0.15) is 10.9 Å². The Morgan fingerprint density at radius 3 is 1.56 bits per heavy atom. The normalized spacial score (nSPS) is 17.3. The van der Waals surface area contributed by atoms with Gasteiger partial charge in [0.2, 0.25) is 0 Å². The summed E-state index contributed by atoms with van der Waals surface area (Å²) in [5, 5.41) is 33.6. The molecule has 4 N–H and O–H groups in total. The van der Waals surface area contributed by atoms with Gasteiger partial charge in [-0.15, -0.1) is 0 Å². The second kappa shape index (κ2) is 5.01. The molecule has 0 saturated heterocycles. The summed E-state index contributed by atoms with van der Waals surface area (Å²) in [5.41, 5.74) is -2.01. The lowest BCUT2D eigenvalue weighted by Gasteiger charge is -2.09. The molecule has 9 heavy (non-hydrogen) atoms. The fourth-order valence-electron chi connectivity index (χ4n) is 0.267. The number of rotatable bonds is 4. The van der Waals surface area contributed by atoms with Crippen LogP contribution in [0.25, 0.3) is 0 Å². The Hall–Kier alpha value is 0.190. The second-order valence-corrected chi connectivity index (χ2v) is 2.77. The first kappa shape index (κ1) is 9.19. The summed E-state index contributed by atoms with van der Waals surface area (Å²) in [4.78, 5) is 0. The minimum Gasteiger partial charge on any atom is -0.393 e. The van der Waals surface area contributed by atoms with E-state index in [1.165, 1.54) is 0 Å². The number of aliphatic hydroxyl groups is 4. The minimum atomic E-state index is -1.01. The number of hydrogen-bond acceptors (Lipinski definition) is 5. The highest BCUT2D eigenvalue weighted by Crippen LogP contribution is 2.11. The highest BCUT2D eigenvalue weighted by molar-refractivity contribution is 8.00. The maximum Gasteiger partial charge on any atom is 0.125 e. The molecule has 0 fully saturated rings. The third-order valence-corrected chi connectivity index (χ3v) is 1.55. The first-order valence-corrected chi connectivity index (χ1v) is 3.38. The molecule has 0 heterocycles. The van der Waals surface area contributed by atoms with E-state index in [2.05, 4.69) is 0 Å². The third kappa shape index (κ3) is 4.68. The molecule has 0 aromatic rings. The first-order valence-electron chi connectivity index (χ1n) is 2.44. The Morgan fingerprint density at radius 1 is 1.00 bits per heavy atom. The van der Waals surface area contributed by atoms with Gasteiger partial charge in [-0.3, -0.25) is 0 Å². The van der Waals surface area contributed by atoms with Crippen LogP contribution in [0.3, 0.4) is 0 Å². The maximum atomic E-state index is 8.60. The molecule has 0 amide bonds. The largest absolute Gasteiger partial charge is 0.393 e. The Kier molecular flexibility index (Phi) is 5.12. The molecule has 0 aromatic carbocycles. The summed E-state index contributed by atoms with van der Waals surface area (Å²) in [5.74, 6) is 0. The molecule has 0 radical (unpaired) electrons. The van der Waals surface area contributed by atoms with Gasteiger partial charge in [0.05, 0.1) is 13.2 Å². The lowest BCUT2D eigenvalue weighted by molar-refractivity contribution is 0.139. The summed E-state index contributed by atoms with van der Waals surface area (Å²) in [6.07, 6.45) is 0. The van der Waals surface area contributed by atoms with Crippen LogP contribution in [0.1, 0.15) is 0 Å². The van der Waals surface area contributed by atoms with Crippen LogP contribution in [-0.2, 0) is 0 Å². The van der Waals surface area contributed by atoms with E-state index in [-0.39, 0.29) is 0 Å². The molecule has 0 aliphatic rings. The molecular formula is C4H10O4S. The molecule has 0 rings (SSSR count). The van der Waals surface area contributed by atoms with Crippen molar-refractivity contribution < 1.29 is 20.4 Å². The lowest BCUT2D eigenvalue weighted by atomic mass is 10.8.